The van der Waals surface area contributed by atoms with E-state index in [1.807, 2.05) is 19.2 Å². The Balaban J connectivity index is 2.35. The van der Waals surface area contributed by atoms with Crippen molar-refractivity contribution < 1.29 is 5.11 Å². The van der Waals surface area contributed by atoms with Gasteiger partial charge in [0.2, 0.25) is 0 Å². The Morgan fingerprint density at radius 3 is 3.08 bits per heavy atom. The van der Waals surface area contributed by atoms with Gasteiger partial charge in [0.25, 0.3) is 0 Å². The second-order valence-corrected chi connectivity index (χ2v) is 3.05. The average Bonchev–Trinajstić information content (AvgIpc) is 2.19. The quantitative estimate of drug-likeness (QED) is 0.535. The number of hydrogen-bond acceptors (Lipinski definition) is 3. The molecule has 13 heavy (non-hydrogen) atoms. The van der Waals surface area contributed by atoms with Gasteiger partial charge in [0.05, 0.1) is 6.10 Å². The summed E-state index contributed by atoms with van der Waals surface area (Å²) in [5, 5.41) is 12.7. The maximum Gasteiger partial charge on any atom is 0.0805 e. The van der Waals surface area contributed by atoms with Crippen molar-refractivity contribution in [1.29, 1.82) is 0 Å². The topological polar surface area (TPSA) is 45.1 Å². The highest BCUT2D eigenvalue weighted by Gasteiger charge is 2.05. The van der Waals surface area contributed by atoms with Gasteiger partial charge in [-0.15, -0.1) is 0 Å². The Bertz CT molecular complexity index is 226. The lowest BCUT2D eigenvalue weighted by Gasteiger charge is -2.09. The van der Waals surface area contributed by atoms with Gasteiger partial charge in [0.1, 0.15) is 0 Å². The van der Waals surface area contributed by atoms with Crippen LogP contribution in [0, 0.1) is 0 Å². The molecule has 1 aromatic rings. The molecule has 0 spiro atoms. The maximum atomic E-state index is 9.68. The summed E-state index contributed by atoms with van der Waals surface area (Å²) in [4.78, 5) is 3.96. The summed E-state index contributed by atoms with van der Waals surface area (Å²) in [6.45, 7) is 0.942. The highest BCUT2D eigenvalue weighted by atomic mass is 16.4. The van der Waals surface area contributed by atoms with Crippen LogP contribution in [0.4, 0.5) is 0 Å². The molecule has 0 fully saturated rings. The summed E-state index contributed by atoms with van der Waals surface area (Å²) < 4.78 is 0. The van der Waals surface area contributed by atoms with Crippen LogP contribution < -0.4 is 5.32 Å². The molecular weight excluding hydrogens is 170 g/mol. The molecule has 0 amide bonds. The van der Waals surface area contributed by atoms with Gasteiger partial charge >= 0.3 is 0 Å². The lowest BCUT2D eigenvalue weighted by atomic mass is 10.4. The van der Waals surface area contributed by atoms with Crippen molar-refractivity contribution >= 4 is 0 Å². The van der Waals surface area contributed by atoms with E-state index in [2.05, 4.69) is 10.3 Å². The van der Waals surface area contributed by atoms with Crippen molar-refractivity contribution in [1.82, 2.24) is 10.3 Å². The Morgan fingerprint density at radius 1 is 1.62 bits per heavy atom. The van der Waals surface area contributed by atoms with E-state index in [1.54, 1.807) is 12.4 Å². The first kappa shape index (κ1) is 10.2. The van der Waals surface area contributed by atoms with Crippen LogP contribution in [-0.2, 0) is 0 Å². The van der Waals surface area contributed by atoms with Crippen LogP contribution in [0.25, 0.3) is 0 Å². The molecule has 0 saturated heterocycles. The van der Waals surface area contributed by atoms with Gasteiger partial charge in [0.15, 0.2) is 0 Å². The third-order valence-corrected chi connectivity index (χ3v) is 1.97. The summed E-state index contributed by atoms with van der Waals surface area (Å²) in [5.41, 5.74) is 0.901. The molecule has 0 radical (unpaired) electrons. The minimum Gasteiger partial charge on any atom is -0.388 e. The van der Waals surface area contributed by atoms with E-state index in [9.17, 15) is 5.11 Å². The van der Waals surface area contributed by atoms with Crippen molar-refractivity contribution in [3.8, 4) is 0 Å². The van der Waals surface area contributed by atoms with Crippen molar-refractivity contribution in [2.24, 2.45) is 0 Å². The van der Waals surface area contributed by atoms with Gasteiger partial charge in [-0.05, 0) is 38.1 Å². The molecule has 3 heteroatoms. The molecule has 1 rings (SSSR count). The SMILES string of the molecule is CNCCC[13CH](O)[13c]1[13cH][13cH][13cH]n[13cH]1. The minimum absolute atomic E-state index is 0.373. The first-order valence-electron chi connectivity index (χ1n) is 4.57. The number of nitrogens with one attached hydrogen (secondary N) is 1. The van der Waals surface area contributed by atoms with Crippen LogP contribution in [0.5, 0.6) is 0 Å². The van der Waals surface area contributed by atoms with Crippen LogP contribution >= 0.6 is 0 Å². The predicted molar refractivity (Wildman–Crippen MR) is 52.4 cm³/mol. The highest BCUT2D eigenvalue weighted by molar-refractivity contribution is 5.11. The van der Waals surface area contributed by atoms with Crippen LogP contribution in [-0.4, -0.2) is 23.7 Å². The molecule has 72 valence electrons. The zero-order chi connectivity index (χ0) is 9.52. The first-order chi connectivity index (χ1) is 6.34. The third kappa shape index (κ3) is 3.53. The molecule has 1 atom stereocenters. The second-order valence-electron chi connectivity index (χ2n) is 3.05. The van der Waals surface area contributed by atoms with Crippen LogP contribution in [0.1, 0.15) is 24.5 Å². The summed E-state index contributed by atoms with van der Waals surface area (Å²) >= 11 is 0. The lowest BCUT2D eigenvalue weighted by molar-refractivity contribution is 0.164. The van der Waals surface area contributed by atoms with Crippen molar-refractivity contribution in [3.05, 3.63) is 30.1 Å². The largest absolute Gasteiger partial charge is 0.388 e. The molecule has 0 aliphatic heterocycles. The van der Waals surface area contributed by atoms with E-state index in [4.69, 9.17) is 0 Å². The molecular formula is C10H16N2O. The Morgan fingerprint density at radius 2 is 2.46 bits per heavy atom. The smallest absolute Gasteiger partial charge is 0.0805 e. The van der Waals surface area contributed by atoms with E-state index in [0.717, 1.165) is 24.9 Å². The van der Waals surface area contributed by atoms with Crippen molar-refractivity contribution in [2.75, 3.05) is 13.6 Å². The zero-order valence-corrected chi connectivity index (χ0v) is 7.90. The van der Waals surface area contributed by atoms with Gasteiger partial charge in [-0.2, -0.15) is 0 Å². The number of rotatable bonds is 5. The molecule has 3 nitrogen and oxygen atoms in total. The molecule has 0 aliphatic rings. The molecule has 2 N–H and O–H groups in total. The number of aliphatic hydroxyl groups is 1. The monoisotopic (exact) mass is 186 g/mol. The average molecular weight is 186 g/mol. The van der Waals surface area contributed by atoms with E-state index >= 15 is 0 Å². The predicted octanol–water partition coefficient (Wildman–Crippen LogP) is 1.11. The van der Waals surface area contributed by atoms with Gasteiger partial charge in [-0.25, -0.2) is 0 Å². The molecule has 0 aliphatic carbocycles. The third-order valence-electron chi connectivity index (χ3n) is 1.97. The van der Waals surface area contributed by atoms with Crippen LogP contribution in [0.2, 0.25) is 0 Å². The Hall–Kier alpha value is -0.930. The van der Waals surface area contributed by atoms with Crippen LogP contribution in [0.3, 0.4) is 0 Å². The number of nitrogens with zero attached hydrogens (tertiary/aromatic N) is 1. The summed E-state index contributed by atoms with van der Waals surface area (Å²) in [6.07, 6.45) is 4.81. The maximum absolute atomic E-state index is 9.68. The van der Waals surface area contributed by atoms with Gasteiger partial charge in [-0.1, -0.05) is 6.07 Å². The van der Waals surface area contributed by atoms with Crippen molar-refractivity contribution in [3.63, 3.8) is 0 Å². The lowest BCUT2D eigenvalue weighted by Crippen LogP contribution is -2.09. The molecule has 1 heterocycles. The van der Waals surface area contributed by atoms with E-state index in [0.29, 0.717) is 0 Å². The Kier molecular flexibility index (Phi) is 4.43. The second kappa shape index (κ2) is 5.67. The van der Waals surface area contributed by atoms with Gasteiger partial charge < -0.3 is 10.4 Å². The standard InChI is InChI=1S/C10H16N2O/c1-11-6-3-5-10(13)9-4-2-7-12-8-9/h2,4,7-8,10-11,13H,3,5-6H2,1H3/i2+1,4+1,7+1,8+1,9+1,10+1. The van der Waals surface area contributed by atoms with Gasteiger partial charge in [-0.3, -0.25) is 4.98 Å². The molecule has 1 unspecified atom stereocenters. The number of hydrogen-bond donors (Lipinski definition) is 2. The van der Waals surface area contributed by atoms with Gasteiger partial charge in [0, 0.05) is 12.4 Å². The fraction of sp³-hybridized carbons (Fsp3) is 0.500. The van der Waals surface area contributed by atoms with E-state index in [-0.39, 0.29) is 6.10 Å². The van der Waals surface area contributed by atoms with E-state index in [1.165, 1.54) is 0 Å². The minimum atomic E-state index is -0.373. The van der Waals surface area contributed by atoms with Crippen molar-refractivity contribution in [2.45, 2.75) is 18.9 Å². The molecule has 0 aromatic carbocycles. The summed E-state index contributed by atoms with van der Waals surface area (Å²) in [6, 6.07) is 3.74. The number of pyridine rings is 1. The molecule has 1 aromatic heterocycles. The van der Waals surface area contributed by atoms with Crippen LogP contribution in [0.15, 0.2) is 24.5 Å². The molecule has 0 bridgehead atoms. The van der Waals surface area contributed by atoms with E-state index < -0.39 is 0 Å². The molecule has 0 saturated carbocycles. The number of aliphatic hydroxyl groups excluding tert-OH is 1. The number of aromatic nitrogens is 1. The summed E-state index contributed by atoms with van der Waals surface area (Å²) in [5.74, 6) is 0. The fourth-order valence-corrected chi connectivity index (χ4v) is 1.21. The summed E-state index contributed by atoms with van der Waals surface area (Å²) in [7, 11) is 1.91. The zero-order valence-electron chi connectivity index (χ0n) is 7.90. The Labute approximate surface area is 78.8 Å². The highest BCUT2D eigenvalue weighted by Crippen LogP contribution is 2.15. The normalized spacial score (nSPS) is 12.8. The first-order valence-corrected chi connectivity index (χ1v) is 4.57. The fourth-order valence-electron chi connectivity index (χ4n) is 1.21.